The number of carboxylic acid groups (broad SMARTS) is 1. The topological polar surface area (TPSA) is 57.5 Å². The number of aromatic carboxylic acids is 1. The van der Waals surface area contributed by atoms with Crippen LogP contribution in [0.4, 0.5) is 0 Å². The third kappa shape index (κ3) is 3.93. The number of thiazole rings is 1. The number of carboxylic acids is 1. The largest absolute Gasteiger partial charge is 0.543 e. The molecule has 0 saturated heterocycles. The van der Waals surface area contributed by atoms with Crippen LogP contribution in [0.1, 0.15) is 43.7 Å². The molecule has 1 heterocycles. The molecule has 1 aromatic carbocycles. The van der Waals surface area contributed by atoms with E-state index >= 15 is 0 Å². The maximum absolute atomic E-state index is 10.8. The summed E-state index contributed by atoms with van der Waals surface area (Å²) in [6, 6.07) is 8.19. The van der Waals surface area contributed by atoms with Crippen LogP contribution in [0, 0.1) is 0 Å². The van der Waals surface area contributed by atoms with E-state index in [9.17, 15) is 9.90 Å². The van der Waals surface area contributed by atoms with Gasteiger partial charge in [0, 0.05) is 16.5 Å². The molecular weight excluding hydrogens is 296 g/mol. The first kappa shape index (κ1) is 16.6. The Morgan fingerprint density at radius 2 is 1.91 bits per heavy atom. The second-order valence-corrected chi connectivity index (χ2v) is 7.26. The van der Waals surface area contributed by atoms with E-state index in [-0.39, 0.29) is 11.2 Å². The highest BCUT2D eigenvalue weighted by Gasteiger charge is 2.23. The first-order valence-corrected chi connectivity index (χ1v) is 8.30. The van der Waals surface area contributed by atoms with Gasteiger partial charge < -0.3 is 14.8 Å². The molecule has 0 saturated carbocycles. The summed E-state index contributed by atoms with van der Waals surface area (Å²) >= 11 is 1.32. The monoisotopic (exact) mass is 318 g/mol. The lowest BCUT2D eigenvalue weighted by Crippen LogP contribution is -3.17. The van der Waals surface area contributed by atoms with Gasteiger partial charge in [-0.05, 0) is 27.7 Å². The van der Waals surface area contributed by atoms with Gasteiger partial charge in [-0.25, -0.2) is 4.98 Å². The number of rotatable bonds is 5. The van der Waals surface area contributed by atoms with E-state index in [0.717, 1.165) is 18.7 Å². The zero-order valence-corrected chi connectivity index (χ0v) is 14.3. The Hall–Kier alpha value is -1.72. The summed E-state index contributed by atoms with van der Waals surface area (Å²) in [6.45, 7) is 11.0. The number of benzene rings is 1. The van der Waals surface area contributed by atoms with Crippen LogP contribution in [0.15, 0.2) is 29.6 Å². The lowest BCUT2D eigenvalue weighted by Gasteiger charge is -2.31. The van der Waals surface area contributed by atoms with E-state index in [1.54, 1.807) is 0 Å². The molecular formula is C17H22N2O2S. The number of quaternary nitrogens is 1. The van der Waals surface area contributed by atoms with Crippen molar-refractivity contribution in [3.63, 3.8) is 0 Å². The van der Waals surface area contributed by atoms with Crippen LogP contribution in [0.25, 0.3) is 10.6 Å². The molecule has 0 amide bonds. The van der Waals surface area contributed by atoms with Crippen molar-refractivity contribution in [3.8, 4) is 10.6 Å². The molecule has 118 valence electrons. The maximum atomic E-state index is 10.8. The van der Waals surface area contributed by atoms with Gasteiger partial charge in [-0.1, -0.05) is 24.3 Å². The van der Waals surface area contributed by atoms with Crippen molar-refractivity contribution in [1.29, 1.82) is 0 Å². The van der Waals surface area contributed by atoms with Crippen molar-refractivity contribution in [2.24, 2.45) is 0 Å². The number of hydrogen-bond acceptors (Lipinski definition) is 4. The Morgan fingerprint density at radius 1 is 1.27 bits per heavy atom. The molecule has 0 aliphatic heterocycles. The molecule has 22 heavy (non-hydrogen) atoms. The smallest absolute Gasteiger partial charge is 0.124 e. The summed E-state index contributed by atoms with van der Waals surface area (Å²) in [7, 11) is 0. The number of nitrogens with zero attached hydrogens (tertiary/aromatic N) is 1. The fourth-order valence-electron chi connectivity index (χ4n) is 2.43. The van der Waals surface area contributed by atoms with Crippen LogP contribution in [-0.2, 0) is 6.54 Å². The second-order valence-electron chi connectivity index (χ2n) is 6.41. The summed E-state index contributed by atoms with van der Waals surface area (Å²) in [4.78, 5) is 16.4. The van der Waals surface area contributed by atoms with E-state index in [2.05, 4.69) is 44.8 Å². The van der Waals surface area contributed by atoms with E-state index in [0.29, 0.717) is 5.01 Å². The molecule has 0 spiro atoms. The molecule has 1 unspecified atom stereocenters. The van der Waals surface area contributed by atoms with Crippen LogP contribution >= 0.6 is 11.3 Å². The molecule has 0 fully saturated rings. The van der Waals surface area contributed by atoms with Gasteiger partial charge in [0.15, 0.2) is 0 Å². The average molecular weight is 318 g/mol. The molecule has 0 bridgehead atoms. The highest BCUT2D eigenvalue weighted by Crippen LogP contribution is 2.23. The predicted octanol–water partition coefficient (Wildman–Crippen LogP) is 1.38. The summed E-state index contributed by atoms with van der Waals surface area (Å²) in [5.41, 5.74) is 2.42. The van der Waals surface area contributed by atoms with Crippen LogP contribution in [0.2, 0.25) is 0 Å². The zero-order chi connectivity index (χ0) is 16.3. The molecule has 1 N–H and O–H groups in total. The maximum Gasteiger partial charge on any atom is 0.124 e. The van der Waals surface area contributed by atoms with Crippen molar-refractivity contribution in [2.45, 2.75) is 39.8 Å². The van der Waals surface area contributed by atoms with Crippen molar-refractivity contribution < 1.29 is 14.8 Å². The molecule has 0 radical (unpaired) electrons. The molecule has 0 aliphatic rings. The Balaban J connectivity index is 2.14. The fourth-order valence-corrected chi connectivity index (χ4v) is 3.23. The van der Waals surface area contributed by atoms with Gasteiger partial charge in [-0.2, -0.15) is 0 Å². The quantitative estimate of drug-likeness (QED) is 0.906. The minimum atomic E-state index is -1.23. The van der Waals surface area contributed by atoms with Gasteiger partial charge in [0.25, 0.3) is 0 Å². The van der Waals surface area contributed by atoms with E-state index in [1.807, 2.05) is 12.1 Å². The average Bonchev–Trinajstić information content (AvgIpc) is 2.94. The van der Waals surface area contributed by atoms with Crippen molar-refractivity contribution in [3.05, 3.63) is 40.9 Å². The highest BCUT2D eigenvalue weighted by molar-refractivity contribution is 7.13. The zero-order valence-electron chi connectivity index (χ0n) is 13.5. The van der Waals surface area contributed by atoms with Gasteiger partial charge >= 0.3 is 0 Å². The van der Waals surface area contributed by atoms with Crippen LogP contribution in [-0.4, -0.2) is 23.0 Å². The van der Waals surface area contributed by atoms with Crippen molar-refractivity contribution in [1.82, 2.24) is 4.98 Å². The summed E-state index contributed by atoms with van der Waals surface area (Å²) < 4.78 is 0. The van der Waals surface area contributed by atoms with Crippen molar-refractivity contribution in [2.75, 3.05) is 6.54 Å². The van der Waals surface area contributed by atoms with Gasteiger partial charge in [0.1, 0.15) is 11.6 Å². The number of carbonyl (C=O) groups excluding carboxylic acids is 1. The van der Waals surface area contributed by atoms with Gasteiger partial charge in [0.05, 0.1) is 23.7 Å². The van der Waals surface area contributed by atoms with Crippen LogP contribution in [0.5, 0.6) is 0 Å². The SMILES string of the molecule is CC[NH+](Cc1ccc(-c2nc(C(=O)[O-])cs2)cc1)C(C)(C)C. The lowest BCUT2D eigenvalue weighted by atomic mass is 10.0. The standard InChI is InChI=1S/C17H22N2O2S/c1-5-19(17(2,3)4)10-12-6-8-13(9-7-12)15-18-14(11-22-15)16(20)21/h6-9,11H,5,10H2,1-4H3,(H,20,21). The molecule has 1 atom stereocenters. The van der Waals surface area contributed by atoms with Gasteiger partial charge in [-0.15, -0.1) is 11.3 Å². The Kier molecular flexibility index (Phi) is 4.98. The molecule has 0 aliphatic carbocycles. The van der Waals surface area contributed by atoms with E-state index < -0.39 is 5.97 Å². The Morgan fingerprint density at radius 3 is 2.36 bits per heavy atom. The molecule has 5 heteroatoms. The third-order valence-electron chi connectivity index (χ3n) is 3.82. The summed E-state index contributed by atoms with van der Waals surface area (Å²) in [5.74, 6) is -1.23. The minimum absolute atomic E-state index is 0.00147. The fraction of sp³-hybridized carbons (Fsp3) is 0.412. The molecule has 2 rings (SSSR count). The first-order valence-electron chi connectivity index (χ1n) is 7.42. The van der Waals surface area contributed by atoms with Crippen LogP contribution in [0.3, 0.4) is 0 Å². The van der Waals surface area contributed by atoms with E-state index in [1.165, 1.54) is 27.2 Å². The number of carbonyl (C=O) groups is 1. The highest BCUT2D eigenvalue weighted by atomic mass is 32.1. The van der Waals surface area contributed by atoms with Gasteiger partial charge in [0.2, 0.25) is 0 Å². The molecule has 2 aromatic rings. The number of hydrogen-bond donors (Lipinski definition) is 1. The van der Waals surface area contributed by atoms with Crippen molar-refractivity contribution >= 4 is 17.3 Å². The lowest BCUT2D eigenvalue weighted by molar-refractivity contribution is -0.958. The molecule has 1 aromatic heterocycles. The second kappa shape index (κ2) is 6.58. The summed E-state index contributed by atoms with van der Waals surface area (Å²) in [6.07, 6.45) is 0. The van der Waals surface area contributed by atoms with Crippen LogP contribution < -0.4 is 10.0 Å². The third-order valence-corrected chi connectivity index (χ3v) is 4.71. The number of nitrogens with one attached hydrogen (secondary N) is 1. The molecule has 4 nitrogen and oxygen atoms in total. The van der Waals surface area contributed by atoms with Gasteiger partial charge in [-0.3, -0.25) is 0 Å². The minimum Gasteiger partial charge on any atom is -0.543 e. The normalized spacial score (nSPS) is 13.1. The predicted molar refractivity (Wildman–Crippen MR) is 86.8 cm³/mol. The van der Waals surface area contributed by atoms with E-state index in [4.69, 9.17) is 0 Å². The first-order chi connectivity index (χ1) is 10.3. The summed E-state index contributed by atoms with van der Waals surface area (Å²) in [5, 5.41) is 13.0. The Bertz CT molecular complexity index is 641. The number of aromatic nitrogens is 1. The Labute approximate surface area is 135 Å².